The van der Waals surface area contributed by atoms with Gasteiger partial charge in [-0.1, -0.05) is 49.4 Å². The number of ether oxygens (including phenoxy) is 1. The van der Waals surface area contributed by atoms with Crippen LogP contribution in [0, 0.1) is 17.7 Å². The van der Waals surface area contributed by atoms with Crippen molar-refractivity contribution in [2.24, 2.45) is 11.8 Å². The maximum atomic E-state index is 13.9. The van der Waals surface area contributed by atoms with Crippen molar-refractivity contribution in [2.45, 2.75) is 44.3 Å². The minimum atomic E-state index is -3.13. The minimum Gasteiger partial charge on any atom is -0.385 e. The number of fused-ring (bicyclic) bond motifs is 3. The van der Waals surface area contributed by atoms with E-state index in [9.17, 15) is 12.8 Å². The Morgan fingerprint density at radius 1 is 1.03 bits per heavy atom. The molecule has 0 bridgehead atoms. The Labute approximate surface area is 207 Å². The molecule has 3 atom stereocenters. The van der Waals surface area contributed by atoms with Crippen molar-refractivity contribution in [1.82, 2.24) is 0 Å². The quantitative estimate of drug-likeness (QED) is 0.581. The number of methoxy groups -OCH3 is 1. The second-order valence-electron chi connectivity index (χ2n) is 10.3. The predicted molar refractivity (Wildman–Crippen MR) is 139 cm³/mol. The molecule has 0 saturated heterocycles. The molecule has 35 heavy (non-hydrogen) atoms. The zero-order valence-corrected chi connectivity index (χ0v) is 21.5. The van der Waals surface area contributed by atoms with Crippen LogP contribution in [0.15, 0.2) is 65.3 Å². The molecule has 0 amide bonds. The highest BCUT2D eigenvalue weighted by atomic mass is 32.2. The zero-order valence-electron chi connectivity index (χ0n) is 20.7. The Balaban J connectivity index is 1.79. The maximum Gasteiger partial charge on any atom is 0.151 e. The van der Waals surface area contributed by atoms with Crippen LogP contribution in [-0.4, -0.2) is 28.4 Å². The van der Waals surface area contributed by atoms with Crippen molar-refractivity contribution in [3.8, 4) is 0 Å². The Morgan fingerprint density at radius 3 is 2.51 bits per heavy atom. The van der Waals surface area contributed by atoms with Crippen LogP contribution in [0.3, 0.4) is 0 Å². The number of halogens is 1. The molecule has 0 aromatic heterocycles. The first-order valence-corrected chi connectivity index (χ1v) is 14.5. The van der Waals surface area contributed by atoms with E-state index in [0.29, 0.717) is 5.92 Å². The number of benzene rings is 2. The van der Waals surface area contributed by atoms with Crippen molar-refractivity contribution in [2.75, 3.05) is 20.0 Å². The SMILES string of the molecule is COCCC1CCCC2=CC(C)C3=c4ccc(CS(C)(=O)=O)cc4=CC(c4ccc(F)cc4)C3=C21. The van der Waals surface area contributed by atoms with Gasteiger partial charge in [-0.25, -0.2) is 12.8 Å². The van der Waals surface area contributed by atoms with E-state index in [1.165, 1.54) is 52.3 Å². The molecule has 0 spiro atoms. The van der Waals surface area contributed by atoms with Gasteiger partial charge in [0.05, 0.1) is 5.75 Å². The number of allylic oxidation sites excluding steroid dienone is 4. The summed E-state index contributed by atoms with van der Waals surface area (Å²) in [5.74, 6) is 0.472. The lowest BCUT2D eigenvalue weighted by molar-refractivity contribution is 0.179. The molecule has 5 heteroatoms. The molecule has 2 aromatic rings. The van der Waals surface area contributed by atoms with E-state index in [2.05, 4.69) is 25.1 Å². The summed E-state index contributed by atoms with van der Waals surface area (Å²) < 4.78 is 43.3. The fraction of sp³-hybridized carbons (Fsp3) is 0.400. The summed E-state index contributed by atoms with van der Waals surface area (Å²) in [7, 11) is -1.37. The fourth-order valence-electron chi connectivity index (χ4n) is 6.28. The number of hydrogen-bond acceptors (Lipinski definition) is 3. The van der Waals surface area contributed by atoms with Crippen LogP contribution < -0.4 is 10.4 Å². The van der Waals surface area contributed by atoms with Crippen LogP contribution in [0.25, 0.3) is 11.6 Å². The summed E-state index contributed by atoms with van der Waals surface area (Å²) >= 11 is 0. The van der Waals surface area contributed by atoms with Crippen LogP contribution in [0.5, 0.6) is 0 Å². The smallest absolute Gasteiger partial charge is 0.151 e. The van der Waals surface area contributed by atoms with Gasteiger partial charge in [0.15, 0.2) is 9.84 Å². The van der Waals surface area contributed by atoms with E-state index in [0.717, 1.165) is 42.2 Å². The average Bonchev–Trinajstić information content (AvgIpc) is 2.81. The minimum absolute atomic E-state index is 0.00382. The van der Waals surface area contributed by atoms with Crippen molar-refractivity contribution in [3.05, 3.63) is 92.6 Å². The van der Waals surface area contributed by atoms with Gasteiger partial charge >= 0.3 is 0 Å². The van der Waals surface area contributed by atoms with Crippen molar-refractivity contribution < 1.29 is 17.5 Å². The van der Waals surface area contributed by atoms with Gasteiger partial charge in [-0.3, -0.25) is 0 Å². The molecule has 1 fully saturated rings. The molecule has 2 aromatic carbocycles. The molecule has 0 aliphatic heterocycles. The molecule has 0 heterocycles. The third kappa shape index (κ3) is 4.81. The second kappa shape index (κ2) is 9.51. The molecular weight excluding hydrogens is 459 g/mol. The standard InChI is InChI=1S/C30H33FO3S/c1-19-15-23-6-4-5-22(13-14-34-2)29(23)30-27(21-8-10-25(31)11-9-21)17-24-16-20(18-35(3,32)33)7-12-26(24)28(19)30/h7-12,15-17,19,22,27H,4-6,13-14,18H2,1-3H3. The molecule has 1 saturated carbocycles. The van der Waals surface area contributed by atoms with Crippen LogP contribution >= 0.6 is 0 Å². The van der Waals surface area contributed by atoms with Gasteiger partial charge < -0.3 is 4.74 Å². The van der Waals surface area contributed by atoms with Crippen LogP contribution in [0.4, 0.5) is 4.39 Å². The highest BCUT2D eigenvalue weighted by Crippen LogP contribution is 2.50. The van der Waals surface area contributed by atoms with Gasteiger partial charge in [-0.15, -0.1) is 0 Å². The Morgan fingerprint density at radius 2 is 1.80 bits per heavy atom. The normalized spacial score (nSPS) is 23.7. The molecule has 3 nitrogen and oxygen atoms in total. The van der Waals surface area contributed by atoms with Gasteiger partial charge in [-0.05, 0) is 87.6 Å². The van der Waals surface area contributed by atoms with E-state index in [4.69, 9.17) is 4.74 Å². The first-order chi connectivity index (χ1) is 16.7. The zero-order chi connectivity index (χ0) is 24.7. The van der Waals surface area contributed by atoms with E-state index in [1.807, 2.05) is 24.3 Å². The molecule has 3 aliphatic rings. The third-order valence-corrected chi connectivity index (χ3v) is 8.49. The molecule has 3 aliphatic carbocycles. The third-order valence-electron chi connectivity index (χ3n) is 7.63. The molecule has 5 rings (SSSR count). The Hall–Kier alpha value is -2.50. The van der Waals surface area contributed by atoms with Gasteiger partial charge in [0.1, 0.15) is 5.82 Å². The highest BCUT2D eigenvalue weighted by molar-refractivity contribution is 7.89. The van der Waals surface area contributed by atoms with Gasteiger partial charge in [0.25, 0.3) is 0 Å². The maximum absolute atomic E-state index is 13.9. The number of rotatable bonds is 6. The summed E-state index contributed by atoms with van der Waals surface area (Å²) in [6.45, 7) is 3.00. The number of hydrogen-bond donors (Lipinski definition) is 0. The van der Waals surface area contributed by atoms with Gasteiger partial charge in [0, 0.05) is 31.8 Å². The molecule has 0 N–H and O–H groups in total. The van der Waals surface area contributed by atoms with Crippen LogP contribution in [0.2, 0.25) is 0 Å². The van der Waals surface area contributed by atoms with E-state index in [-0.39, 0.29) is 23.4 Å². The topological polar surface area (TPSA) is 43.4 Å². The lowest BCUT2D eigenvalue weighted by Gasteiger charge is -2.40. The van der Waals surface area contributed by atoms with Crippen molar-refractivity contribution >= 4 is 21.5 Å². The molecule has 184 valence electrons. The van der Waals surface area contributed by atoms with E-state index in [1.54, 1.807) is 7.11 Å². The number of sulfone groups is 1. The fourth-order valence-corrected chi connectivity index (χ4v) is 7.06. The highest BCUT2D eigenvalue weighted by Gasteiger charge is 2.36. The molecular formula is C30H33FO3S. The van der Waals surface area contributed by atoms with E-state index >= 15 is 0 Å². The van der Waals surface area contributed by atoms with Crippen molar-refractivity contribution in [3.63, 3.8) is 0 Å². The lowest BCUT2D eigenvalue weighted by Crippen LogP contribution is -2.37. The first-order valence-electron chi connectivity index (χ1n) is 12.5. The molecule has 0 radical (unpaired) electrons. The van der Waals surface area contributed by atoms with E-state index < -0.39 is 9.84 Å². The summed E-state index contributed by atoms with van der Waals surface area (Å²) in [5, 5.41) is 2.25. The second-order valence-corrected chi connectivity index (χ2v) is 12.4. The largest absolute Gasteiger partial charge is 0.385 e. The predicted octanol–water partition coefficient (Wildman–Crippen LogP) is 4.81. The first kappa shape index (κ1) is 24.2. The average molecular weight is 493 g/mol. The van der Waals surface area contributed by atoms with Gasteiger partial charge in [-0.2, -0.15) is 0 Å². The van der Waals surface area contributed by atoms with Gasteiger partial charge in [0.2, 0.25) is 0 Å². The lowest BCUT2D eigenvalue weighted by atomic mass is 9.65. The summed E-state index contributed by atoms with van der Waals surface area (Å²) in [4.78, 5) is 0. The Kier molecular flexibility index (Phi) is 6.58. The summed E-state index contributed by atoms with van der Waals surface area (Å²) in [6.07, 6.45) is 10.4. The monoisotopic (exact) mass is 492 g/mol. The Bertz CT molecular complexity index is 1430. The summed E-state index contributed by atoms with van der Waals surface area (Å²) in [6, 6.07) is 12.9. The van der Waals surface area contributed by atoms with Crippen LogP contribution in [-0.2, 0) is 20.3 Å². The van der Waals surface area contributed by atoms with Crippen LogP contribution in [0.1, 0.15) is 49.7 Å². The summed E-state index contributed by atoms with van der Waals surface area (Å²) in [5.41, 5.74) is 7.47. The molecule has 3 unspecified atom stereocenters. The van der Waals surface area contributed by atoms with Crippen molar-refractivity contribution in [1.29, 1.82) is 0 Å².